The zero-order valence-electron chi connectivity index (χ0n) is 19.9. The highest BCUT2D eigenvalue weighted by Gasteiger charge is 2.67. The first-order chi connectivity index (χ1) is 13.2. The van der Waals surface area contributed by atoms with Gasteiger partial charge in [-0.2, -0.15) is 0 Å². The van der Waals surface area contributed by atoms with Gasteiger partial charge in [0.25, 0.3) is 0 Å². The van der Waals surface area contributed by atoms with Crippen LogP contribution in [-0.4, -0.2) is 0 Å². The molecule has 0 heteroatoms. The van der Waals surface area contributed by atoms with Gasteiger partial charge in [0, 0.05) is 0 Å². The van der Waals surface area contributed by atoms with Crippen LogP contribution in [0.1, 0.15) is 119 Å². The number of hydrogen-bond acceptors (Lipinski definition) is 0. The molecule has 0 saturated heterocycles. The van der Waals surface area contributed by atoms with Crippen molar-refractivity contribution in [2.45, 2.75) is 119 Å². The van der Waals surface area contributed by atoms with E-state index < -0.39 is 0 Å². The molecule has 5 rings (SSSR count). The lowest BCUT2D eigenvalue weighted by Crippen LogP contribution is -2.64. The summed E-state index contributed by atoms with van der Waals surface area (Å²) < 4.78 is 0. The van der Waals surface area contributed by atoms with E-state index in [0.717, 1.165) is 35.5 Å². The first kappa shape index (κ1) is 19.9. The molecule has 0 radical (unpaired) electrons. The minimum atomic E-state index is 0.573. The molecule has 9 atom stereocenters. The van der Waals surface area contributed by atoms with Crippen LogP contribution in [0, 0.1) is 57.2 Å². The van der Waals surface area contributed by atoms with Crippen molar-refractivity contribution in [1.29, 1.82) is 0 Å². The van der Waals surface area contributed by atoms with Crippen LogP contribution in [0.4, 0.5) is 0 Å². The largest absolute Gasteiger partial charge is 0.0651 e. The summed E-state index contributed by atoms with van der Waals surface area (Å²) in [5.41, 5.74) is 2.41. The fourth-order valence-corrected chi connectivity index (χ4v) is 11.3. The van der Waals surface area contributed by atoms with Crippen molar-refractivity contribution in [3.05, 3.63) is 0 Å². The third-order valence-electron chi connectivity index (χ3n) is 12.7. The highest BCUT2D eigenvalue weighted by molar-refractivity contribution is 5.16. The molecule has 0 bridgehead atoms. The average Bonchev–Trinajstić information content (AvgIpc) is 3.04. The molecule has 0 N–H and O–H groups in total. The molecule has 5 aliphatic rings. The van der Waals surface area contributed by atoms with Gasteiger partial charge in [0.2, 0.25) is 0 Å². The molecule has 5 saturated carbocycles. The van der Waals surface area contributed by atoms with Crippen LogP contribution in [0.2, 0.25) is 0 Å². The van der Waals surface area contributed by atoms with E-state index in [4.69, 9.17) is 0 Å². The lowest BCUT2D eigenvalue weighted by molar-refractivity contribution is -0.227. The lowest BCUT2D eigenvalue weighted by Gasteiger charge is -2.71. The standard InChI is InChI=1S/C28H48/c1-7-19-9-10-21-20(19)13-17-27(5)22(21)11-12-24-26(4)16-8-15-25(2,3)23(26)14-18-28(24,27)6/h19-24H,7-18H2,1-6H3/t19-,20+,21+,22-,23+,24-,26+,27-,28-/m1/s1. The van der Waals surface area contributed by atoms with Crippen LogP contribution in [0.3, 0.4) is 0 Å². The van der Waals surface area contributed by atoms with Crippen LogP contribution in [0.25, 0.3) is 0 Å². The molecule has 0 spiro atoms. The molecule has 0 unspecified atom stereocenters. The molecule has 5 fully saturated rings. The zero-order valence-corrected chi connectivity index (χ0v) is 19.9. The van der Waals surface area contributed by atoms with Gasteiger partial charge in [-0.3, -0.25) is 0 Å². The van der Waals surface area contributed by atoms with Gasteiger partial charge in [0.05, 0.1) is 0 Å². The van der Waals surface area contributed by atoms with Gasteiger partial charge in [-0.25, -0.2) is 0 Å². The predicted molar refractivity (Wildman–Crippen MR) is 120 cm³/mol. The Bertz CT molecular complexity index is 618. The van der Waals surface area contributed by atoms with E-state index in [2.05, 4.69) is 41.5 Å². The van der Waals surface area contributed by atoms with Gasteiger partial charge in [-0.15, -0.1) is 0 Å². The van der Waals surface area contributed by atoms with Gasteiger partial charge in [-0.1, -0.05) is 54.4 Å². The Morgan fingerprint density at radius 3 is 2.14 bits per heavy atom. The molecule has 0 nitrogen and oxygen atoms in total. The Kier molecular flexibility index (Phi) is 4.46. The molecular formula is C28H48. The molecule has 28 heavy (non-hydrogen) atoms. The molecule has 0 heterocycles. The molecule has 160 valence electrons. The minimum Gasteiger partial charge on any atom is -0.0651 e. The van der Waals surface area contributed by atoms with Crippen LogP contribution >= 0.6 is 0 Å². The summed E-state index contributed by atoms with van der Waals surface area (Å²) in [7, 11) is 0. The average molecular weight is 385 g/mol. The maximum Gasteiger partial charge on any atom is -0.0235 e. The summed E-state index contributed by atoms with van der Waals surface area (Å²) in [6.45, 7) is 16.1. The maximum absolute atomic E-state index is 2.81. The lowest BCUT2D eigenvalue weighted by atomic mass is 9.33. The van der Waals surface area contributed by atoms with E-state index in [1.54, 1.807) is 38.5 Å². The van der Waals surface area contributed by atoms with Crippen molar-refractivity contribution in [3.63, 3.8) is 0 Å². The number of hydrogen-bond donors (Lipinski definition) is 0. The van der Waals surface area contributed by atoms with Crippen molar-refractivity contribution in [2.24, 2.45) is 57.2 Å². The Hall–Kier alpha value is 0. The van der Waals surface area contributed by atoms with Crippen LogP contribution < -0.4 is 0 Å². The first-order valence-corrected chi connectivity index (χ1v) is 13.2. The summed E-state index contributed by atoms with van der Waals surface area (Å²) in [6.07, 6.45) is 18.3. The van der Waals surface area contributed by atoms with Gasteiger partial charge >= 0.3 is 0 Å². The monoisotopic (exact) mass is 384 g/mol. The summed E-state index contributed by atoms with van der Waals surface area (Å²) in [5.74, 6) is 6.23. The Balaban J connectivity index is 1.50. The van der Waals surface area contributed by atoms with Gasteiger partial charge in [0.15, 0.2) is 0 Å². The Morgan fingerprint density at radius 1 is 0.643 bits per heavy atom. The third kappa shape index (κ3) is 2.36. The van der Waals surface area contributed by atoms with E-state index in [-0.39, 0.29) is 0 Å². The summed E-state index contributed by atoms with van der Waals surface area (Å²) >= 11 is 0. The van der Waals surface area contributed by atoms with E-state index in [1.807, 2.05) is 0 Å². The molecule has 5 aliphatic carbocycles. The van der Waals surface area contributed by atoms with E-state index in [9.17, 15) is 0 Å². The fraction of sp³-hybridized carbons (Fsp3) is 1.00. The van der Waals surface area contributed by atoms with Crippen molar-refractivity contribution in [1.82, 2.24) is 0 Å². The van der Waals surface area contributed by atoms with E-state index in [0.29, 0.717) is 21.7 Å². The quantitative estimate of drug-likeness (QED) is 0.425. The Morgan fingerprint density at radius 2 is 1.39 bits per heavy atom. The summed E-state index contributed by atoms with van der Waals surface area (Å²) in [4.78, 5) is 0. The second-order valence-corrected chi connectivity index (χ2v) is 13.6. The van der Waals surface area contributed by atoms with Crippen LogP contribution in [0.5, 0.6) is 0 Å². The smallest absolute Gasteiger partial charge is 0.0235 e. The normalized spacial score (nSPS) is 57.6. The SMILES string of the molecule is CC[C@@H]1CC[C@H]2[C@H]1CC[C@]1(C)[C@@H]2CC[C@@H]2[C@@]3(C)CCCC(C)(C)[C@@H]3CC[C@]21C. The molecule has 0 aliphatic heterocycles. The first-order valence-electron chi connectivity index (χ1n) is 13.2. The van der Waals surface area contributed by atoms with Gasteiger partial charge in [0.1, 0.15) is 0 Å². The van der Waals surface area contributed by atoms with Crippen molar-refractivity contribution >= 4 is 0 Å². The number of fused-ring (bicyclic) bond motifs is 7. The molecule has 0 aromatic heterocycles. The molecule has 0 aromatic carbocycles. The highest BCUT2D eigenvalue weighted by atomic mass is 14.7. The van der Waals surface area contributed by atoms with E-state index >= 15 is 0 Å². The van der Waals surface area contributed by atoms with E-state index in [1.165, 1.54) is 38.5 Å². The summed E-state index contributed by atoms with van der Waals surface area (Å²) in [5, 5.41) is 0. The van der Waals surface area contributed by atoms with Crippen LogP contribution in [0.15, 0.2) is 0 Å². The zero-order chi connectivity index (χ0) is 19.9. The topological polar surface area (TPSA) is 0 Å². The van der Waals surface area contributed by atoms with Crippen molar-refractivity contribution in [3.8, 4) is 0 Å². The molecule has 0 aromatic rings. The second kappa shape index (κ2) is 6.26. The van der Waals surface area contributed by atoms with Crippen LogP contribution in [-0.2, 0) is 0 Å². The molecule has 0 amide bonds. The van der Waals surface area contributed by atoms with Gasteiger partial charge < -0.3 is 0 Å². The summed E-state index contributed by atoms with van der Waals surface area (Å²) in [6, 6.07) is 0. The van der Waals surface area contributed by atoms with Gasteiger partial charge in [-0.05, 0) is 121 Å². The molecular weight excluding hydrogens is 336 g/mol. The second-order valence-electron chi connectivity index (χ2n) is 13.6. The predicted octanol–water partition coefficient (Wildman–Crippen LogP) is 8.50. The van der Waals surface area contributed by atoms with Crippen molar-refractivity contribution in [2.75, 3.05) is 0 Å². The van der Waals surface area contributed by atoms with Crippen molar-refractivity contribution < 1.29 is 0 Å². The third-order valence-corrected chi connectivity index (χ3v) is 12.7. The Labute approximate surface area is 176 Å². The highest BCUT2D eigenvalue weighted by Crippen LogP contribution is 2.75. The fourth-order valence-electron chi connectivity index (χ4n) is 11.3. The minimum absolute atomic E-state index is 0.573. The maximum atomic E-state index is 2.81. The number of rotatable bonds is 1.